The first-order valence-electron chi connectivity index (χ1n) is 9.66. The van der Waals surface area contributed by atoms with E-state index in [9.17, 15) is 4.79 Å². The van der Waals surface area contributed by atoms with Gasteiger partial charge in [-0.05, 0) is 48.4 Å². The van der Waals surface area contributed by atoms with Crippen LogP contribution in [0.4, 0.5) is 5.69 Å². The molecule has 1 amide bonds. The first-order valence-corrected chi connectivity index (χ1v) is 11.2. The Kier molecular flexibility index (Phi) is 6.19. The van der Waals surface area contributed by atoms with E-state index < -0.39 is 0 Å². The Bertz CT molecular complexity index is 1160. The molecule has 0 saturated carbocycles. The van der Waals surface area contributed by atoms with Crippen LogP contribution in [0.2, 0.25) is 10.0 Å². The Labute approximate surface area is 190 Å². The summed E-state index contributed by atoms with van der Waals surface area (Å²) in [6.45, 7) is 4.76. The van der Waals surface area contributed by atoms with Crippen LogP contribution in [0.1, 0.15) is 35.3 Å². The molecule has 152 valence electrons. The van der Waals surface area contributed by atoms with Crippen molar-refractivity contribution in [2.75, 3.05) is 6.54 Å². The number of nitrogens with one attached hydrogen (secondary N) is 1. The van der Waals surface area contributed by atoms with Gasteiger partial charge in [-0.25, -0.2) is 4.99 Å². The molecule has 3 aromatic rings. The van der Waals surface area contributed by atoms with E-state index in [4.69, 9.17) is 28.2 Å². The number of carbonyl (C=O) groups is 1. The monoisotopic (exact) mass is 454 g/mol. The summed E-state index contributed by atoms with van der Waals surface area (Å²) in [6, 6.07) is 19.2. The molecule has 0 bridgehead atoms. The summed E-state index contributed by atoms with van der Waals surface area (Å²) in [6.07, 6.45) is 0. The van der Waals surface area contributed by atoms with Crippen molar-refractivity contribution in [1.29, 1.82) is 0 Å². The maximum absolute atomic E-state index is 12.6. The molecule has 1 heterocycles. The van der Waals surface area contributed by atoms with Crippen molar-refractivity contribution < 1.29 is 4.79 Å². The average molecular weight is 455 g/mol. The Morgan fingerprint density at radius 2 is 1.80 bits per heavy atom. The summed E-state index contributed by atoms with van der Waals surface area (Å²) in [5.74, 6) is 0.288. The standard InChI is InChI=1S/C24H20Cl2N2OS/c1-14(2)13-27-24(29)15-7-10-22-20(11-15)28-23(17-9-8-16(25)12-19(17)26)18-5-3-4-6-21(18)30-22/h3-12,14H,13H2,1-2H3,(H,27,29). The lowest BCUT2D eigenvalue weighted by Gasteiger charge is -2.11. The molecule has 0 radical (unpaired) electrons. The van der Waals surface area contributed by atoms with Gasteiger partial charge < -0.3 is 5.32 Å². The fraction of sp³-hybridized carbons (Fsp3) is 0.167. The third-order valence-electron chi connectivity index (χ3n) is 4.67. The van der Waals surface area contributed by atoms with Crippen molar-refractivity contribution in [2.24, 2.45) is 10.9 Å². The molecule has 3 nitrogen and oxygen atoms in total. The van der Waals surface area contributed by atoms with Crippen molar-refractivity contribution in [1.82, 2.24) is 5.32 Å². The van der Waals surface area contributed by atoms with E-state index in [2.05, 4.69) is 25.2 Å². The van der Waals surface area contributed by atoms with Gasteiger partial charge in [0.25, 0.3) is 5.91 Å². The zero-order valence-corrected chi connectivity index (χ0v) is 18.9. The second-order valence-corrected chi connectivity index (χ2v) is 9.40. The molecule has 1 aliphatic rings. The molecule has 30 heavy (non-hydrogen) atoms. The average Bonchev–Trinajstić information content (AvgIpc) is 2.88. The van der Waals surface area contributed by atoms with E-state index in [1.807, 2.05) is 48.5 Å². The van der Waals surface area contributed by atoms with Gasteiger partial charge in [-0.3, -0.25) is 4.79 Å². The molecule has 3 aromatic carbocycles. The summed E-state index contributed by atoms with van der Waals surface area (Å²) < 4.78 is 0. The lowest BCUT2D eigenvalue weighted by Crippen LogP contribution is -2.27. The molecule has 1 N–H and O–H groups in total. The Morgan fingerprint density at radius 1 is 1.00 bits per heavy atom. The molecule has 6 heteroatoms. The summed E-state index contributed by atoms with van der Waals surface area (Å²) in [5.41, 5.74) is 3.89. The molecule has 0 fully saturated rings. The molecular formula is C24H20Cl2N2OS. The van der Waals surface area contributed by atoms with Crippen molar-refractivity contribution in [3.05, 3.63) is 87.4 Å². The molecule has 4 rings (SSSR count). The third kappa shape index (κ3) is 4.41. The van der Waals surface area contributed by atoms with Crippen LogP contribution in [0.25, 0.3) is 0 Å². The predicted molar refractivity (Wildman–Crippen MR) is 126 cm³/mol. The highest BCUT2D eigenvalue weighted by Gasteiger charge is 2.21. The Morgan fingerprint density at radius 3 is 2.57 bits per heavy atom. The Balaban J connectivity index is 1.84. The number of benzene rings is 3. The van der Waals surface area contributed by atoms with Crippen LogP contribution in [0.5, 0.6) is 0 Å². The molecule has 0 unspecified atom stereocenters. The summed E-state index contributed by atoms with van der Waals surface area (Å²) in [4.78, 5) is 19.6. The number of fused-ring (bicyclic) bond motifs is 2. The van der Waals surface area contributed by atoms with E-state index in [1.54, 1.807) is 17.8 Å². The van der Waals surface area contributed by atoms with Crippen LogP contribution < -0.4 is 5.32 Å². The summed E-state index contributed by atoms with van der Waals surface area (Å²) >= 11 is 14.3. The van der Waals surface area contributed by atoms with Crippen LogP contribution in [0.3, 0.4) is 0 Å². The van der Waals surface area contributed by atoms with Gasteiger partial charge in [0, 0.05) is 38.0 Å². The number of nitrogens with zero attached hydrogens (tertiary/aromatic N) is 1. The molecular weight excluding hydrogens is 435 g/mol. The van der Waals surface area contributed by atoms with Crippen LogP contribution in [0, 0.1) is 5.92 Å². The molecule has 0 aliphatic carbocycles. The third-order valence-corrected chi connectivity index (χ3v) is 6.36. The fourth-order valence-electron chi connectivity index (χ4n) is 3.17. The maximum Gasteiger partial charge on any atom is 0.251 e. The zero-order chi connectivity index (χ0) is 21.3. The van der Waals surface area contributed by atoms with Gasteiger partial charge in [0.15, 0.2) is 0 Å². The Hall–Kier alpha value is -2.27. The van der Waals surface area contributed by atoms with Gasteiger partial charge >= 0.3 is 0 Å². The molecule has 0 spiro atoms. The SMILES string of the molecule is CC(C)CNC(=O)c1ccc2c(c1)N=C(c1ccc(Cl)cc1Cl)c1ccccc1S2. The van der Waals surface area contributed by atoms with E-state index in [0.717, 1.165) is 32.3 Å². The molecule has 0 aromatic heterocycles. The number of hydrogen-bond acceptors (Lipinski definition) is 3. The molecule has 1 aliphatic heterocycles. The normalized spacial score (nSPS) is 12.6. The van der Waals surface area contributed by atoms with Crippen LogP contribution >= 0.6 is 35.0 Å². The predicted octanol–water partition coefficient (Wildman–Crippen LogP) is 7.01. The zero-order valence-electron chi connectivity index (χ0n) is 16.6. The largest absolute Gasteiger partial charge is 0.352 e. The maximum atomic E-state index is 12.6. The minimum Gasteiger partial charge on any atom is -0.352 e. The van der Waals surface area contributed by atoms with E-state index in [1.165, 1.54) is 0 Å². The van der Waals surface area contributed by atoms with Crippen molar-refractivity contribution in [2.45, 2.75) is 23.6 Å². The van der Waals surface area contributed by atoms with Gasteiger partial charge in [-0.15, -0.1) is 0 Å². The number of hydrogen-bond donors (Lipinski definition) is 1. The van der Waals surface area contributed by atoms with E-state index in [-0.39, 0.29) is 5.91 Å². The first-order chi connectivity index (χ1) is 14.4. The van der Waals surface area contributed by atoms with Crippen LogP contribution in [-0.4, -0.2) is 18.2 Å². The van der Waals surface area contributed by atoms with Gasteiger partial charge in [-0.2, -0.15) is 0 Å². The van der Waals surface area contributed by atoms with Crippen molar-refractivity contribution >= 4 is 52.3 Å². The van der Waals surface area contributed by atoms with Gasteiger partial charge in [0.05, 0.1) is 16.4 Å². The lowest BCUT2D eigenvalue weighted by atomic mass is 10.0. The first kappa shape index (κ1) is 21.0. The summed E-state index contributed by atoms with van der Waals surface area (Å²) in [7, 11) is 0. The van der Waals surface area contributed by atoms with Gasteiger partial charge in [-0.1, -0.05) is 67.0 Å². The highest BCUT2D eigenvalue weighted by Crippen LogP contribution is 2.42. The summed E-state index contributed by atoms with van der Waals surface area (Å²) in [5, 5.41) is 4.08. The quantitative estimate of drug-likeness (QED) is 0.360. The molecule has 0 atom stereocenters. The number of aliphatic imine (C=N–C) groups is 1. The highest BCUT2D eigenvalue weighted by atomic mass is 35.5. The number of halogens is 2. The van der Waals surface area contributed by atoms with E-state index in [0.29, 0.717) is 28.1 Å². The van der Waals surface area contributed by atoms with Crippen LogP contribution in [0.15, 0.2) is 75.4 Å². The smallest absolute Gasteiger partial charge is 0.251 e. The second kappa shape index (κ2) is 8.84. The van der Waals surface area contributed by atoms with Crippen molar-refractivity contribution in [3.63, 3.8) is 0 Å². The lowest BCUT2D eigenvalue weighted by molar-refractivity contribution is 0.0949. The number of amides is 1. The molecule has 0 saturated heterocycles. The van der Waals surface area contributed by atoms with Gasteiger partial charge in [0.2, 0.25) is 0 Å². The van der Waals surface area contributed by atoms with Crippen molar-refractivity contribution in [3.8, 4) is 0 Å². The van der Waals surface area contributed by atoms with Gasteiger partial charge in [0.1, 0.15) is 0 Å². The fourth-order valence-corrected chi connectivity index (χ4v) is 4.67. The number of rotatable bonds is 4. The van der Waals surface area contributed by atoms with Crippen LogP contribution in [-0.2, 0) is 0 Å². The topological polar surface area (TPSA) is 41.5 Å². The van der Waals surface area contributed by atoms with E-state index >= 15 is 0 Å². The minimum atomic E-state index is -0.0977. The highest BCUT2D eigenvalue weighted by molar-refractivity contribution is 7.99. The minimum absolute atomic E-state index is 0.0977. The second-order valence-electron chi connectivity index (χ2n) is 7.47. The number of carbonyl (C=O) groups excluding carboxylic acids is 1.